The summed E-state index contributed by atoms with van der Waals surface area (Å²) in [6.45, 7) is 6.55. The third-order valence-electron chi connectivity index (χ3n) is 3.43. The van der Waals surface area contributed by atoms with Crippen LogP contribution in [0.4, 0.5) is 0 Å². The number of carbonyl (C=O) groups is 1. The summed E-state index contributed by atoms with van der Waals surface area (Å²) < 4.78 is 1.01. The second kappa shape index (κ2) is 7.88. The molecule has 0 aromatic heterocycles. The normalized spacial score (nSPS) is 10.8. The molecule has 0 aliphatic carbocycles. The summed E-state index contributed by atoms with van der Waals surface area (Å²) >= 11 is 3.42. The molecule has 3 nitrogen and oxygen atoms in total. The fourth-order valence-corrected chi connectivity index (χ4v) is 1.89. The Morgan fingerprint density at radius 3 is 2.42 bits per heavy atom. The number of halogens is 2. The highest BCUT2D eigenvalue weighted by Crippen LogP contribution is 2.17. The van der Waals surface area contributed by atoms with E-state index in [1.54, 1.807) is 0 Å². The number of amides is 1. The van der Waals surface area contributed by atoms with Crippen LogP contribution in [-0.4, -0.2) is 18.0 Å². The molecule has 0 aliphatic rings. The number of nitrogens with one attached hydrogen (secondary N) is 1. The van der Waals surface area contributed by atoms with Gasteiger partial charge in [0.05, 0.1) is 0 Å². The maximum absolute atomic E-state index is 12.0. The second-order valence-corrected chi connectivity index (χ2v) is 5.57. The molecule has 0 saturated carbocycles. The van der Waals surface area contributed by atoms with Gasteiger partial charge in [-0.05, 0) is 43.5 Å². The molecular formula is C14H22BrClN2O. The van der Waals surface area contributed by atoms with Crippen LogP contribution >= 0.6 is 28.3 Å². The molecule has 1 rings (SSSR count). The topological polar surface area (TPSA) is 55.1 Å². The van der Waals surface area contributed by atoms with Gasteiger partial charge in [0.1, 0.15) is 0 Å². The molecule has 5 heteroatoms. The van der Waals surface area contributed by atoms with Gasteiger partial charge in [-0.2, -0.15) is 0 Å². The Morgan fingerprint density at radius 1 is 1.37 bits per heavy atom. The number of aryl methyl sites for hydroxylation is 1. The van der Waals surface area contributed by atoms with Crippen molar-refractivity contribution in [2.45, 2.75) is 39.2 Å². The van der Waals surface area contributed by atoms with Gasteiger partial charge in [0.2, 0.25) is 0 Å². The summed E-state index contributed by atoms with van der Waals surface area (Å²) in [5, 5.41) is 2.91. The minimum atomic E-state index is -0.305. The molecule has 0 heterocycles. The first kappa shape index (κ1) is 18.4. The van der Waals surface area contributed by atoms with Crippen molar-refractivity contribution in [1.82, 2.24) is 5.32 Å². The van der Waals surface area contributed by atoms with Crippen molar-refractivity contribution in [1.29, 1.82) is 0 Å². The first-order valence-corrected chi connectivity index (χ1v) is 7.04. The highest BCUT2D eigenvalue weighted by Gasteiger charge is 2.21. The minimum Gasteiger partial charge on any atom is -0.350 e. The first-order chi connectivity index (χ1) is 8.41. The van der Waals surface area contributed by atoms with Crippen LogP contribution in [0.1, 0.15) is 42.6 Å². The fourth-order valence-electron chi connectivity index (χ4n) is 1.64. The molecule has 0 bridgehead atoms. The van der Waals surface area contributed by atoms with E-state index in [4.69, 9.17) is 5.73 Å². The van der Waals surface area contributed by atoms with Crippen molar-refractivity contribution in [2.75, 3.05) is 6.54 Å². The highest BCUT2D eigenvalue weighted by atomic mass is 79.9. The van der Waals surface area contributed by atoms with Gasteiger partial charge in [0, 0.05) is 22.1 Å². The van der Waals surface area contributed by atoms with Crippen molar-refractivity contribution in [3.05, 3.63) is 33.8 Å². The molecule has 108 valence electrons. The number of hydrogen-bond acceptors (Lipinski definition) is 2. The van der Waals surface area contributed by atoms with Crippen LogP contribution in [0.15, 0.2) is 22.7 Å². The summed E-state index contributed by atoms with van der Waals surface area (Å²) in [7, 11) is 0. The molecule has 0 atom stereocenters. The maximum Gasteiger partial charge on any atom is 0.251 e. The summed E-state index contributed by atoms with van der Waals surface area (Å²) in [6, 6.07) is 5.57. The van der Waals surface area contributed by atoms with Crippen LogP contribution < -0.4 is 11.1 Å². The van der Waals surface area contributed by atoms with E-state index < -0.39 is 0 Å². The zero-order valence-corrected chi connectivity index (χ0v) is 14.0. The molecule has 0 spiro atoms. The van der Waals surface area contributed by atoms with Crippen molar-refractivity contribution < 1.29 is 4.79 Å². The van der Waals surface area contributed by atoms with Gasteiger partial charge in [-0.25, -0.2) is 0 Å². The molecule has 0 saturated heterocycles. The fraction of sp³-hybridized carbons (Fsp3) is 0.500. The molecule has 3 N–H and O–H groups in total. The third kappa shape index (κ3) is 5.13. The molecule has 1 amide bonds. The van der Waals surface area contributed by atoms with Gasteiger partial charge >= 0.3 is 0 Å². The number of nitrogens with two attached hydrogens (primary N) is 1. The van der Waals surface area contributed by atoms with Crippen LogP contribution in [-0.2, 0) is 0 Å². The average molecular weight is 350 g/mol. The van der Waals surface area contributed by atoms with Crippen LogP contribution in [0.2, 0.25) is 0 Å². The van der Waals surface area contributed by atoms with E-state index >= 15 is 0 Å². The minimum absolute atomic E-state index is 0. The van der Waals surface area contributed by atoms with E-state index in [0.717, 1.165) is 22.9 Å². The van der Waals surface area contributed by atoms with Gasteiger partial charge in [0.15, 0.2) is 0 Å². The summed E-state index contributed by atoms with van der Waals surface area (Å²) in [6.07, 6.45) is 1.70. The Kier molecular flexibility index (Phi) is 7.64. The lowest BCUT2D eigenvalue weighted by atomic mass is 9.94. The van der Waals surface area contributed by atoms with Gasteiger partial charge in [-0.3, -0.25) is 4.79 Å². The molecule has 0 aliphatic heterocycles. The number of carbonyl (C=O) groups excluding carboxylic acids is 1. The number of benzene rings is 1. The molecular weight excluding hydrogens is 328 g/mol. The monoisotopic (exact) mass is 348 g/mol. The first-order valence-electron chi connectivity index (χ1n) is 6.25. The Balaban J connectivity index is 0.00000324. The largest absolute Gasteiger partial charge is 0.350 e. The van der Waals surface area contributed by atoms with Crippen molar-refractivity contribution in [3.8, 4) is 0 Å². The van der Waals surface area contributed by atoms with Crippen molar-refractivity contribution in [3.63, 3.8) is 0 Å². The van der Waals surface area contributed by atoms with E-state index in [1.807, 2.05) is 39.0 Å². The van der Waals surface area contributed by atoms with E-state index in [2.05, 4.69) is 21.2 Å². The van der Waals surface area contributed by atoms with Gasteiger partial charge in [-0.15, -0.1) is 12.4 Å². The van der Waals surface area contributed by atoms with Gasteiger partial charge in [-0.1, -0.05) is 29.8 Å². The summed E-state index contributed by atoms with van der Waals surface area (Å²) in [5.41, 5.74) is 7.57. The molecule has 0 unspecified atom stereocenters. The Labute approximate surface area is 129 Å². The third-order valence-corrected chi connectivity index (χ3v) is 4.32. The van der Waals surface area contributed by atoms with E-state index in [9.17, 15) is 4.79 Å². The Hall–Kier alpha value is -0.580. The predicted molar refractivity (Wildman–Crippen MR) is 86.0 cm³/mol. The molecule has 1 aromatic rings. The van der Waals surface area contributed by atoms with Crippen LogP contribution in [0.5, 0.6) is 0 Å². The van der Waals surface area contributed by atoms with Crippen LogP contribution in [0.3, 0.4) is 0 Å². The van der Waals surface area contributed by atoms with Gasteiger partial charge in [0.25, 0.3) is 5.91 Å². The van der Waals surface area contributed by atoms with E-state index in [1.165, 1.54) is 0 Å². The van der Waals surface area contributed by atoms with E-state index in [-0.39, 0.29) is 23.9 Å². The average Bonchev–Trinajstić information content (AvgIpc) is 2.38. The number of hydrogen-bond donors (Lipinski definition) is 2. The lowest BCUT2D eigenvalue weighted by molar-refractivity contribution is 0.0942. The molecule has 0 fully saturated rings. The summed E-state index contributed by atoms with van der Waals surface area (Å²) in [4.78, 5) is 12.0. The number of rotatable bonds is 5. The highest BCUT2D eigenvalue weighted by molar-refractivity contribution is 9.10. The Bertz CT molecular complexity index is 433. The van der Waals surface area contributed by atoms with Crippen molar-refractivity contribution >= 4 is 34.2 Å². The molecule has 19 heavy (non-hydrogen) atoms. The van der Waals surface area contributed by atoms with Crippen LogP contribution in [0.25, 0.3) is 0 Å². The maximum atomic E-state index is 12.0. The molecule has 0 radical (unpaired) electrons. The lowest BCUT2D eigenvalue weighted by Gasteiger charge is -2.26. The standard InChI is InChI=1S/C14H21BrN2O.ClH/c1-4-14(16,5-2)9-17-13(18)11-6-7-12(15)10(3)8-11;/h6-8H,4-5,9,16H2,1-3H3,(H,17,18);1H. The smallest absolute Gasteiger partial charge is 0.251 e. The quantitative estimate of drug-likeness (QED) is 0.855. The Morgan fingerprint density at radius 2 is 1.95 bits per heavy atom. The lowest BCUT2D eigenvalue weighted by Crippen LogP contribution is -2.49. The zero-order valence-electron chi connectivity index (χ0n) is 11.6. The summed E-state index contributed by atoms with van der Waals surface area (Å²) in [5.74, 6) is -0.0673. The zero-order chi connectivity index (χ0) is 13.8. The van der Waals surface area contributed by atoms with Crippen LogP contribution in [0, 0.1) is 6.92 Å². The second-order valence-electron chi connectivity index (χ2n) is 4.72. The predicted octanol–water partition coefficient (Wildman–Crippen LogP) is 3.43. The SMILES string of the molecule is CCC(N)(CC)CNC(=O)c1ccc(Br)c(C)c1.Cl. The molecule has 1 aromatic carbocycles. The van der Waals surface area contributed by atoms with Crippen molar-refractivity contribution in [2.24, 2.45) is 5.73 Å². The van der Waals surface area contributed by atoms with Gasteiger partial charge < -0.3 is 11.1 Å². The van der Waals surface area contributed by atoms with E-state index in [0.29, 0.717) is 12.1 Å².